The summed E-state index contributed by atoms with van der Waals surface area (Å²) >= 11 is 0. The van der Waals surface area contributed by atoms with Gasteiger partial charge in [0.1, 0.15) is 11.5 Å². The Morgan fingerprint density at radius 1 is 0.783 bits per heavy atom. The molecule has 4 heteroatoms. The molecule has 0 N–H and O–H groups in total. The molecule has 0 heterocycles. The predicted molar refractivity (Wildman–Crippen MR) is 88.7 cm³/mol. The first-order chi connectivity index (χ1) is 11.1. The third-order valence-corrected chi connectivity index (χ3v) is 3.39. The first-order valence-electron chi connectivity index (χ1n) is 7.51. The Labute approximate surface area is 136 Å². The summed E-state index contributed by atoms with van der Waals surface area (Å²) in [4.78, 5) is 22.0. The monoisotopic (exact) mass is 312 g/mol. The molecule has 0 amide bonds. The molecule has 0 saturated heterocycles. The van der Waals surface area contributed by atoms with Gasteiger partial charge in [0.2, 0.25) is 0 Å². The summed E-state index contributed by atoms with van der Waals surface area (Å²) in [5.41, 5.74) is 3.13. The lowest BCUT2D eigenvalue weighted by molar-refractivity contribution is 0.111. The van der Waals surface area contributed by atoms with Crippen LogP contribution >= 0.6 is 0 Å². The van der Waals surface area contributed by atoms with Crippen molar-refractivity contribution in [2.75, 3.05) is 13.2 Å². The van der Waals surface area contributed by atoms with Crippen molar-refractivity contribution in [1.82, 2.24) is 0 Å². The van der Waals surface area contributed by atoms with E-state index in [0.29, 0.717) is 42.3 Å². The largest absolute Gasteiger partial charge is 0.493 e. The van der Waals surface area contributed by atoms with Crippen molar-refractivity contribution in [3.8, 4) is 11.5 Å². The van der Waals surface area contributed by atoms with Crippen LogP contribution in [0, 0.1) is 13.8 Å². The second-order valence-electron chi connectivity index (χ2n) is 5.37. The van der Waals surface area contributed by atoms with Crippen molar-refractivity contribution < 1.29 is 19.1 Å². The number of benzene rings is 2. The second-order valence-corrected chi connectivity index (χ2v) is 5.37. The van der Waals surface area contributed by atoms with E-state index in [-0.39, 0.29) is 0 Å². The number of aryl methyl sites for hydroxylation is 2. The van der Waals surface area contributed by atoms with E-state index in [0.717, 1.165) is 23.7 Å². The summed E-state index contributed by atoms with van der Waals surface area (Å²) in [5.74, 6) is 1.16. The molecule has 0 bridgehead atoms. The van der Waals surface area contributed by atoms with E-state index in [1.165, 1.54) is 0 Å². The van der Waals surface area contributed by atoms with E-state index < -0.39 is 0 Å². The smallest absolute Gasteiger partial charge is 0.153 e. The Kier molecular flexibility index (Phi) is 5.92. The van der Waals surface area contributed by atoms with Crippen LogP contribution in [0.15, 0.2) is 36.4 Å². The highest BCUT2D eigenvalue weighted by atomic mass is 16.5. The van der Waals surface area contributed by atoms with Gasteiger partial charge in [-0.2, -0.15) is 0 Å². The molecule has 0 atom stereocenters. The Morgan fingerprint density at radius 2 is 1.22 bits per heavy atom. The Hall–Kier alpha value is -2.62. The number of ether oxygens (including phenoxy) is 2. The predicted octanol–water partition coefficient (Wildman–Crippen LogP) is 3.78. The van der Waals surface area contributed by atoms with Crippen molar-refractivity contribution in [1.29, 1.82) is 0 Å². The molecule has 0 aliphatic rings. The third kappa shape index (κ3) is 4.68. The number of aldehydes is 2. The van der Waals surface area contributed by atoms with Gasteiger partial charge < -0.3 is 9.47 Å². The molecule has 4 nitrogen and oxygen atoms in total. The van der Waals surface area contributed by atoms with Gasteiger partial charge in [-0.1, -0.05) is 23.3 Å². The van der Waals surface area contributed by atoms with Crippen LogP contribution in [0.25, 0.3) is 0 Å². The molecule has 0 unspecified atom stereocenters. The number of carbonyl (C=O) groups is 2. The molecule has 0 aliphatic heterocycles. The SMILES string of the molecule is Cc1ccc(OCCCOc2ccc(C)cc2C=O)c(C=O)c1. The minimum Gasteiger partial charge on any atom is -0.493 e. The Morgan fingerprint density at radius 3 is 1.61 bits per heavy atom. The molecule has 2 rings (SSSR count). The average Bonchev–Trinajstić information content (AvgIpc) is 2.56. The van der Waals surface area contributed by atoms with Crippen LogP contribution in [0.2, 0.25) is 0 Å². The van der Waals surface area contributed by atoms with Crippen LogP contribution in [-0.2, 0) is 0 Å². The standard InChI is InChI=1S/C19H20O4/c1-14-4-6-18(16(10-14)12-20)22-8-3-9-23-19-7-5-15(2)11-17(19)13-21/h4-7,10-13H,3,8-9H2,1-2H3. The number of carbonyl (C=O) groups excluding carboxylic acids is 2. The average molecular weight is 312 g/mol. The number of hydrogen-bond acceptors (Lipinski definition) is 4. The summed E-state index contributed by atoms with van der Waals surface area (Å²) in [6.07, 6.45) is 2.24. The lowest BCUT2D eigenvalue weighted by Gasteiger charge is -2.11. The maximum atomic E-state index is 11.0. The van der Waals surface area contributed by atoms with E-state index >= 15 is 0 Å². The van der Waals surface area contributed by atoms with Crippen LogP contribution in [-0.4, -0.2) is 25.8 Å². The van der Waals surface area contributed by atoms with Crippen LogP contribution in [0.1, 0.15) is 38.3 Å². The maximum absolute atomic E-state index is 11.0. The van der Waals surface area contributed by atoms with Gasteiger partial charge >= 0.3 is 0 Å². The molecule has 0 spiro atoms. The fraction of sp³-hybridized carbons (Fsp3) is 0.263. The molecule has 0 aromatic heterocycles. The molecule has 0 aliphatic carbocycles. The highest BCUT2D eigenvalue weighted by Gasteiger charge is 2.05. The molecule has 0 saturated carbocycles. The minimum absolute atomic E-state index is 0.437. The van der Waals surface area contributed by atoms with Crippen LogP contribution < -0.4 is 9.47 Å². The van der Waals surface area contributed by atoms with Crippen LogP contribution in [0.5, 0.6) is 11.5 Å². The fourth-order valence-corrected chi connectivity index (χ4v) is 2.21. The zero-order valence-electron chi connectivity index (χ0n) is 13.4. The van der Waals surface area contributed by atoms with E-state index in [9.17, 15) is 9.59 Å². The summed E-state index contributed by atoms with van der Waals surface area (Å²) in [5, 5.41) is 0. The Balaban J connectivity index is 1.82. The van der Waals surface area contributed by atoms with Gasteiger partial charge in [-0.15, -0.1) is 0 Å². The quantitative estimate of drug-likeness (QED) is 0.550. The maximum Gasteiger partial charge on any atom is 0.153 e. The number of rotatable bonds is 8. The lowest BCUT2D eigenvalue weighted by Crippen LogP contribution is -2.07. The molecule has 2 aromatic rings. The summed E-state index contributed by atoms with van der Waals surface area (Å²) in [6.45, 7) is 4.73. The normalized spacial score (nSPS) is 10.2. The summed E-state index contributed by atoms with van der Waals surface area (Å²) in [6, 6.07) is 11.0. The topological polar surface area (TPSA) is 52.6 Å². The van der Waals surface area contributed by atoms with Gasteiger partial charge in [-0.05, 0) is 38.1 Å². The van der Waals surface area contributed by atoms with E-state index in [1.807, 2.05) is 26.0 Å². The lowest BCUT2D eigenvalue weighted by atomic mass is 10.1. The van der Waals surface area contributed by atoms with Crippen molar-refractivity contribution in [2.24, 2.45) is 0 Å². The van der Waals surface area contributed by atoms with Gasteiger partial charge in [-0.3, -0.25) is 9.59 Å². The van der Waals surface area contributed by atoms with Crippen molar-refractivity contribution in [3.63, 3.8) is 0 Å². The highest BCUT2D eigenvalue weighted by Crippen LogP contribution is 2.20. The summed E-state index contributed by atoms with van der Waals surface area (Å²) in [7, 11) is 0. The van der Waals surface area contributed by atoms with Crippen molar-refractivity contribution in [2.45, 2.75) is 20.3 Å². The molecular weight excluding hydrogens is 292 g/mol. The molecule has 0 fully saturated rings. The molecule has 120 valence electrons. The molecular formula is C19H20O4. The fourth-order valence-electron chi connectivity index (χ4n) is 2.21. The van der Waals surface area contributed by atoms with E-state index in [2.05, 4.69) is 0 Å². The van der Waals surface area contributed by atoms with Gasteiger partial charge in [0.15, 0.2) is 12.6 Å². The second kappa shape index (κ2) is 8.13. The van der Waals surface area contributed by atoms with Gasteiger partial charge in [0, 0.05) is 6.42 Å². The highest BCUT2D eigenvalue weighted by molar-refractivity contribution is 5.80. The van der Waals surface area contributed by atoms with Crippen LogP contribution in [0.4, 0.5) is 0 Å². The first kappa shape index (κ1) is 16.7. The van der Waals surface area contributed by atoms with Crippen molar-refractivity contribution in [3.05, 3.63) is 58.7 Å². The third-order valence-electron chi connectivity index (χ3n) is 3.39. The van der Waals surface area contributed by atoms with Gasteiger partial charge in [0.05, 0.1) is 24.3 Å². The van der Waals surface area contributed by atoms with E-state index in [4.69, 9.17) is 9.47 Å². The Bertz CT molecular complexity index is 632. The van der Waals surface area contributed by atoms with Crippen LogP contribution in [0.3, 0.4) is 0 Å². The zero-order chi connectivity index (χ0) is 16.7. The van der Waals surface area contributed by atoms with Gasteiger partial charge in [0.25, 0.3) is 0 Å². The summed E-state index contributed by atoms with van der Waals surface area (Å²) < 4.78 is 11.2. The van der Waals surface area contributed by atoms with Gasteiger partial charge in [-0.25, -0.2) is 0 Å². The molecule has 23 heavy (non-hydrogen) atoms. The minimum atomic E-state index is 0.437. The van der Waals surface area contributed by atoms with Crippen molar-refractivity contribution >= 4 is 12.6 Å². The zero-order valence-corrected chi connectivity index (χ0v) is 13.4. The molecule has 2 aromatic carbocycles. The molecule has 0 radical (unpaired) electrons. The number of hydrogen-bond donors (Lipinski definition) is 0. The van der Waals surface area contributed by atoms with E-state index in [1.54, 1.807) is 24.3 Å². The first-order valence-corrected chi connectivity index (χ1v) is 7.51.